The van der Waals surface area contributed by atoms with Crippen LogP contribution in [0.25, 0.3) is 0 Å². The maximum atomic E-state index is 5.85. The average molecular weight is 1670 g/mol. The Bertz CT molecular complexity index is 1120. The summed E-state index contributed by atoms with van der Waals surface area (Å²) < 4.78 is 45.1. The van der Waals surface area contributed by atoms with Crippen molar-refractivity contribution in [3.8, 4) is 0 Å². The zero-order valence-corrected chi connectivity index (χ0v) is 74.9. The zero-order chi connectivity index (χ0) is 67.0. The van der Waals surface area contributed by atoms with Crippen molar-refractivity contribution in [2.24, 2.45) is 0 Å². The summed E-state index contributed by atoms with van der Waals surface area (Å²) in [6.45, 7) is 16.3. The lowest BCUT2D eigenvalue weighted by Crippen LogP contribution is -2.35. The van der Waals surface area contributed by atoms with Crippen molar-refractivity contribution in [1.82, 2.24) is 0 Å². The molecular formula is C64H136O8S18Si2. The van der Waals surface area contributed by atoms with Gasteiger partial charge in [-0.05, 0) is 117 Å². The van der Waals surface area contributed by atoms with E-state index in [1.54, 1.807) is 18.1 Å². The average Bonchev–Trinajstić information content (AvgIpc) is 1.19. The van der Waals surface area contributed by atoms with Crippen LogP contribution in [0.2, 0.25) is 48.4 Å². The lowest BCUT2D eigenvalue weighted by Gasteiger charge is -2.33. The van der Waals surface area contributed by atoms with Crippen molar-refractivity contribution in [2.75, 3.05) is 278 Å². The van der Waals surface area contributed by atoms with Crippen molar-refractivity contribution in [1.29, 1.82) is 0 Å². The number of hydrogen-bond donors (Lipinski definition) is 6. The first kappa shape index (κ1) is 100. The van der Waals surface area contributed by atoms with Crippen molar-refractivity contribution in [3.63, 3.8) is 0 Å². The summed E-state index contributed by atoms with van der Waals surface area (Å²) in [5, 5.41) is 0. The molecule has 0 N–H and O–H groups in total. The fourth-order valence-corrected chi connectivity index (χ4v) is 34.5. The molecule has 0 amide bonds. The monoisotopic (exact) mass is 1660 g/mol. The van der Waals surface area contributed by atoms with Gasteiger partial charge in [-0.3, -0.25) is 0 Å². The Hall–Kier alpha value is 6.41. The third-order valence-corrected chi connectivity index (χ3v) is 41.5. The summed E-state index contributed by atoms with van der Waals surface area (Å²) in [6, 6.07) is 11.8. The van der Waals surface area contributed by atoms with Crippen molar-refractivity contribution < 1.29 is 37.9 Å². The molecule has 0 radical (unpaired) electrons. The van der Waals surface area contributed by atoms with E-state index in [1.807, 2.05) is 70.6 Å². The number of thiol groups is 6. The third kappa shape index (κ3) is 80.5. The van der Waals surface area contributed by atoms with Gasteiger partial charge in [0, 0.05) is 147 Å². The molecule has 556 valence electrons. The molecule has 28 heteroatoms. The molecule has 0 fully saturated rings. The second-order valence-corrected chi connectivity index (χ2v) is 49.0. The van der Waals surface area contributed by atoms with E-state index in [-0.39, 0.29) is 0 Å². The van der Waals surface area contributed by atoms with Crippen LogP contribution in [0.5, 0.6) is 0 Å². The quantitative estimate of drug-likeness (QED) is 0.0199. The molecule has 8 nitrogen and oxygen atoms in total. The highest BCUT2D eigenvalue weighted by molar-refractivity contribution is 8.06. The number of rotatable bonds is 82. The summed E-state index contributed by atoms with van der Waals surface area (Å²) in [4.78, 5) is 0. The van der Waals surface area contributed by atoms with Gasteiger partial charge in [-0.2, -0.15) is 217 Å². The topological polar surface area (TPSA) is 73.8 Å². The Labute approximate surface area is 655 Å². The predicted octanol–water partition coefficient (Wildman–Crippen LogP) is 18.5. The van der Waals surface area contributed by atoms with Crippen molar-refractivity contribution in [3.05, 3.63) is 0 Å². The third-order valence-electron chi connectivity index (χ3n) is 14.3. The number of thioether (sulfide) groups is 12. The molecule has 0 saturated heterocycles. The van der Waals surface area contributed by atoms with E-state index in [2.05, 4.69) is 160 Å². The standard InChI is InChI=1S/C32H68O7S6Si.C32H68OS12Si/c1-2-33-7-3-29-46(30-4-23-43-26-17-37-11-8-34-14-20-40,31-5-24-44-27-18-38-12-9-35-15-21-41)32-6-25-45-28-19-39-13-10-36-16-22-42;1-2-33-7-3-29-46(30-4-11-37-17-23-43-26-20-40-14-8-34,31-5-12-38-18-24-44-27-21-41-15-9-35)32-6-13-39-19-25-45-28-22-42-16-10-36/h40-42H,2-32H2,1H3;34-36H,2-32H2,1H3. The molecule has 0 saturated carbocycles. The molecule has 0 aromatic rings. The first-order chi connectivity index (χ1) is 45.5. The molecular weight excluding hydrogens is 1530 g/mol. The summed E-state index contributed by atoms with van der Waals surface area (Å²) in [5.41, 5.74) is 0. The summed E-state index contributed by atoms with van der Waals surface area (Å²) >= 11 is 50.8. The van der Waals surface area contributed by atoms with Gasteiger partial charge in [0.1, 0.15) is 0 Å². The van der Waals surface area contributed by atoms with Gasteiger partial charge in [-0.1, -0.05) is 48.4 Å². The van der Waals surface area contributed by atoms with Crippen LogP contribution in [0.3, 0.4) is 0 Å². The molecule has 0 spiro atoms. The van der Waals surface area contributed by atoms with Crippen LogP contribution in [0.15, 0.2) is 0 Å². The van der Waals surface area contributed by atoms with Crippen LogP contribution < -0.4 is 0 Å². The SMILES string of the molecule is CCOCCC[Si](CCCSCCOCCOCCS)(CCCSCCOCCOCCS)CCCSCCOCCOCCS.CCOCCC[Si](CCCSCCSCCSCCS)(CCCSCCSCCSCCS)CCCSCCSCCSCCS. The maximum Gasteiger partial charge on any atom is 0.0700 e. The second-order valence-electron chi connectivity index (χ2n) is 21.6. The van der Waals surface area contributed by atoms with Gasteiger partial charge in [-0.25, -0.2) is 0 Å². The van der Waals surface area contributed by atoms with E-state index >= 15 is 0 Å². The van der Waals surface area contributed by atoms with Gasteiger partial charge in [0.05, 0.1) is 95.4 Å². The fraction of sp³-hybridized carbons (Fsp3) is 1.00. The number of ether oxygens (including phenoxy) is 8. The molecule has 0 aliphatic heterocycles. The molecule has 0 unspecified atom stereocenters. The van der Waals surface area contributed by atoms with E-state index in [0.717, 1.165) is 98.0 Å². The second kappa shape index (κ2) is 89.8. The minimum atomic E-state index is -1.41. The molecule has 0 aliphatic carbocycles. The minimum Gasteiger partial charge on any atom is -0.382 e. The molecule has 0 rings (SSSR count). The highest BCUT2D eigenvalue weighted by atomic mass is 32.2. The van der Waals surface area contributed by atoms with E-state index in [0.29, 0.717) is 59.5 Å². The Kier molecular flexibility index (Phi) is 98.1. The van der Waals surface area contributed by atoms with Crippen molar-refractivity contribution >= 4 is 233 Å². The minimum absolute atomic E-state index is 0.662. The highest BCUT2D eigenvalue weighted by Crippen LogP contribution is 2.36. The van der Waals surface area contributed by atoms with Gasteiger partial charge in [0.25, 0.3) is 0 Å². The van der Waals surface area contributed by atoms with E-state index in [4.69, 9.17) is 37.9 Å². The van der Waals surface area contributed by atoms with Gasteiger partial charge >= 0.3 is 0 Å². The molecule has 0 aromatic carbocycles. The molecule has 0 bridgehead atoms. The van der Waals surface area contributed by atoms with Crippen LogP contribution in [-0.4, -0.2) is 294 Å². The predicted molar refractivity (Wildman–Crippen MR) is 476 cm³/mol. The van der Waals surface area contributed by atoms with Crippen LogP contribution in [-0.2, 0) is 37.9 Å². The summed E-state index contributed by atoms with van der Waals surface area (Å²) in [6.07, 6.45) is 10.8. The van der Waals surface area contributed by atoms with E-state index in [1.165, 1.54) is 202 Å². The largest absolute Gasteiger partial charge is 0.382 e. The lowest BCUT2D eigenvalue weighted by atomic mass is 10.5. The zero-order valence-electron chi connectivity index (χ0n) is 57.7. The van der Waals surface area contributed by atoms with E-state index in [9.17, 15) is 0 Å². The summed E-state index contributed by atoms with van der Waals surface area (Å²) in [7, 11) is -2.70. The Morgan fingerprint density at radius 3 is 0.598 bits per heavy atom. The van der Waals surface area contributed by atoms with Gasteiger partial charge in [0.15, 0.2) is 0 Å². The van der Waals surface area contributed by atoms with Crippen LogP contribution in [0.4, 0.5) is 0 Å². The highest BCUT2D eigenvalue weighted by Gasteiger charge is 2.32. The van der Waals surface area contributed by atoms with Gasteiger partial charge < -0.3 is 37.9 Å². The van der Waals surface area contributed by atoms with Crippen LogP contribution in [0, 0.1) is 0 Å². The lowest BCUT2D eigenvalue weighted by molar-refractivity contribution is 0.0606. The van der Waals surface area contributed by atoms with Crippen molar-refractivity contribution in [2.45, 2.75) is 114 Å². The molecule has 0 heterocycles. The molecule has 0 aliphatic rings. The molecule has 0 atom stereocenters. The smallest absolute Gasteiger partial charge is 0.0700 e. The fourth-order valence-electron chi connectivity index (χ4n) is 9.82. The molecule has 92 heavy (non-hydrogen) atoms. The van der Waals surface area contributed by atoms with Gasteiger partial charge in [0.2, 0.25) is 0 Å². The van der Waals surface area contributed by atoms with Crippen LogP contribution >= 0.6 is 217 Å². The van der Waals surface area contributed by atoms with E-state index < -0.39 is 16.1 Å². The Morgan fingerprint density at radius 1 is 0.185 bits per heavy atom. The number of hydrogen-bond acceptors (Lipinski definition) is 26. The van der Waals surface area contributed by atoms with Crippen LogP contribution in [0.1, 0.15) is 65.2 Å². The maximum absolute atomic E-state index is 5.85. The Morgan fingerprint density at radius 2 is 0.380 bits per heavy atom. The summed E-state index contributed by atoms with van der Waals surface area (Å²) in [5.74, 6) is 35.5. The van der Waals surface area contributed by atoms with Gasteiger partial charge in [-0.15, -0.1) is 0 Å². The first-order valence-electron chi connectivity index (χ1n) is 34.7. The Balaban J connectivity index is 0. The normalized spacial score (nSPS) is 12.0. The molecule has 0 aromatic heterocycles. The first-order valence-corrected chi connectivity index (χ1v) is 58.0.